The molecule has 1 heterocycles. The smallest absolute Gasteiger partial charge is 0.418 e. The van der Waals surface area contributed by atoms with E-state index >= 15 is 0 Å². The molecule has 2 aliphatic rings. The normalized spacial score (nSPS) is 20.3. The molecule has 0 aromatic heterocycles. The second-order valence-corrected chi connectivity index (χ2v) is 10.7. The predicted molar refractivity (Wildman–Crippen MR) is 137 cm³/mol. The molecule has 1 amide bonds. The van der Waals surface area contributed by atoms with Crippen LogP contribution in [-0.4, -0.2) is 54.3 Å². The number of benzene rings is 2. The van der Waals surface area contributed by atoms with E-state index in [4.69, 9.17) is 9.47 Å². The van der Waals surface area contributed by atoms with Crippen molar-refractivity contribution in [3.63, 3.8) is 0 Å². The van der Waals surface area contributed by atoms with Gasteiger partial charge in [-0.2, -0.15) is 26.3 Å². The zero-order valence-corrected chi connectivity index (χ0v) is 22.5. The molecule has 6 nitrogen and oxygen atoms in total. The van der Waals surface area contributed by atoms with E-state index in [0.717, 1.165) is 24.3 Å². The van der Waals surface area contributed by atoms with Gasteiger partial charge in [-0.25, -0.2) is 0 Å². The standard InChI is InChI=1S/C28H27F6NO5S/c29-27(30,31)24-17(8-12-23(36)35-13-15-39-16-14-35)7-11-22(25(24)28(32,33)34)41-21-4-2-1-3-20(21)40-19-9-5-18(6-10-19)26(37)38/h1-4,7-8,11-12,18-19H,5-6,9-10,13-16H2,(H,37,38)/b12-8+/t18-,19-. The number of ether oxygens (including phenoxy) is 2. The van der Waals surface area contributed by atoms with Gasteiger partial charge in [-0.15, -0.1) is 0 Å². The molecule has 1 saturated carbocycles. The van der Waals surface area contributed by atoms with Crippen LogP contribution in [-0.2, 0) is 26.7 Å². The highest BCUT2D eigenvalue weighted by Gasteiger charge is 2.46. The van der Waals surface area contributed by atoms with E-state index in [1.54, 1.807) is 6.07 Å². The monoisotopic (exact) mass is 603 g/mol. The van der Waals surface area contributed by atoms with Crippen molar-refractivity contribution in [1.29, 1.82) is 0 Å². The zero-order valence-electron chi connectivity index (χ0n) is 21.6. The maximum Gasteiger partial charge on any atom is 0.418 e. The van der Waals surface area contributed by atoms with Crippen LogP contribution in [0.3, 0.4) is 0 Å². The van der Waals surface area contributed by atoms with E-state index in [-0.39, 0.29) is 43.1 Å². The van der Waals surface area contributed by atoms with Gasteiger partial charge in [0.2, 0.25) is 5.91 Å². The van der Waals surface area contributed by atoms with Gasteiger partial charge in [0.15, 0.2) is 0 Å². The minimum atomic E-state index is -5.37. The first-order valence-electron chi connectivity index (χ1n) is 12.9. The van der Waals surface area contributed by atoms with E-state index in [2.05, 4.69) is 0 Å². The Morgan fingerprint density at radius 1 is 0.902 bits per heavy atom. The Morgan fingerprint density at radius 2 is 1.54 bits per heavy atom. The SMILES string of the molecule is O=C(/C=C/c1ccc(Sc2ccccc2O[C@H]2CC[C@H](C(=O)O)CC2)c(C(F)(F)F)c1C(F)(F)F)N1CCOCC1. The van der Waals surface area contributed by atoms with Gasteiger partial charge in [0.1, 0.15) is 5.75 Å². The van der Waals surface area contributed by atoms with Crippen molar-refractivity contribution < 1.29 is 50.5 Å². The molecule has 0 radical (unpaired) electrons. The quantitative estimate of drug-likeness (QED) is 0.278. The van der Waals surface area contributed by atoms with E-state index in [1.807, 2.05) is 0 Å². The number of para-hydroxylation sites is 1. The summed E-state index contributed by atoms with van der Waals surface area (Å²) in [7, 11) is 0. The van der Waals surface area contributed by atoms with Gasteiger partial charge >= 0.3 is 18.3 Å². The summed E-state index contributed by atoms with van der Waals surface area (Å²) in [4.78, 5) is 24.5. The third-order valence-corrected chi connectivity index (χ3v) is 8.00. The first kappa shape index (κ1) is 30.8. The Bertz CT molecular complexity index is 1280. The van der Waals surface area contributed by atoms with E-state index in [1.165, 1.54) is 23.1 Å². The molecule has 1 saturated heterocycles. The fourth-order valence-electron chi connectivity index (χ4n) is 4.82. The average molecular weight is 604 g/mol. The van der Waals surface area contributed by atoms with E-state index in [9.17, 15) is 41.0 Å². The van der Waals surface area contributed by atoms with Crippen LogP contribution in [0.1, 0.15) is 42.4 Å². The number of carboxylic acids is 1. The minimum Gasteiger partial charge on any atom is -0.489 e. The topological polar surface area (TPSA) is 76.1 Å². The number of amides is 1. The van der Waals surface area contributed by atoms with Crippen LogP contribution in [0, 0.1) is 5.92 Å². The summed E-state index contributed by atoms with van der Waals surface area (Å²) in [6.07, 6.45) is -7.91. The number of hydrogen-bond donors (Lipinski definition) is 1. The average Bonchev–Trinajstić information content (AvgIpc) is 2.92. The van der Waals surface area contributed by atoms with Gasteiger partial charge in [0.25, 0.3) is 0 Å². The number of alkyl halides is 6. The van der Waals surface area contributed by atoms with Crippen molar-refractivity contribution >= 4 is 29.7 Å². The van der Waals surface area contributed by atoms with Gasteiger partial charge in [-0.05, 0) is 55.5 Å². The Balaban J connectivity index is 1.65. The van der Waals surface area contributed by atoms with Crippen molar-refractivity contribution in [2.45, 2.75) is 53.9 Å². The molecule has 2 aromatic carbocycles. The van der Waals surface area contributed by atoms with Crippen molar-refractivity contribution in [1.82, 2.24) is 4.90 Å². The molecule has 4 rings (SSSR count). The van der Waals surface area contributed by atoms with Crippen LogP contribution in [0.4, 0.5) is 26.3 Å². The lowest BCUT2D eigenvalue weighted by molar-refractivity contribution is -0.163. The number of hydrogen-bond acceptors (Lipinski definition) is 5. The lowest BCUT2D eigenvalue weighted by atomic mass is 9.87. The van der Waals surface area contributed by atoms with Crippen molar-refractivity contribution in [2.24, 2.45) is 5.92 Å². The maximum absolute atomic E-state index is 14.3. The number of carbonyl (C=O) groups excluding carboxylic acids is 1. The Labute approximate surface area is 236 Å². The number of carboxylic acid groups (broad SMARTS) is 1. The highest BCUT2D eigenvalue weighted by Crippen LogP contribution is 2.49. The first-order chi connectivity index (χ1) is 19.3. The summed E-state index contributed by atoms with van der Waals surface area (Å²) >= 11 is 0.496. The molecule has 1 aliphatic carbocycles. The summed E-state index contributed by atoms with van der Waals surface area (Å²) in [5.74, 6) is -1.83. The summed E-state index contributed by atoms with van der Waals surface area (Å²) in [5, 5.41) is 9.19. The van der Waals surface area contributed by atoms with Crippen molar-refractivity contribution in [2.75, 3.05) is 26.3 Å². The van der Waals surface area contributed by atoms with E-state index in [0.29, 0.717) is 37.4 Å². The van der Waals surface area contributed by atoms with Crippen LogP contribution >= 0.6 is 11.8 Å². The molecule has 0 atom stereocenters. The Kier molecular flexibility index (Phi) is 9.58. The van der Waals surface area contributed by atoms with Crippen LogP contribution in [0.5, 0.6) is 5.75 Å². The molecule has 0 unspecified atom stereocenters. The largest absolute Gasteiger partial charge is 0.489 e. The zero-order chi connectivity index (χ0) is 29.8. The summed E-state index contributed by atoms with van der Waals surface area (Å²) < 4.78 is 96.5. The highest BCUT2D eigenvalue weighted by molar-refractivity contribution is 7.99. The first-order valence-corrected chi connectivity index (χ1v) is 13.7. The summed E-state index contributed by atoms with van der Waals surface area (Å²) in [6.45, 7) is 0.959. The predicted octanol–water partition coefficient (Wildman–Crippen LogP) is 6.77. The van der Waals surface area contributed by atoms with Gasteiger partial charge in [0.05, 0.1) is 41.3 Å². The molecular weight excluding hydrogens is 576 g/mol. The van der Waals surface area contributed by atoms with Gasteiger partial charge < -0.3 is 19.5 Å². The molecular formula is C28H27F6NO5S. The van der Waals surface area contributed by atoms with Crippen LogP contribution in [0.25, 0.3) is 6.08 Å². The number of nitrogens with zero attached hydrogens (tertiary/aromatic N) is 1. The Hall–Kier alpha value is -3.19. The second-order valence-electron chi connectivity index (χ2n) is 9.65. The molecule has 1 aliphatic heterocycles. The second kappa shape index (κ2) is 12.8. The third-order valence-electron chi connectivity index (χ3n) is 6.88. The number of rotatable bonds is 7. The molecule has 0 bridgehead atoms. The fourth-order valence-corrected chi connectivity index (χ4v) is 5.87. The summed E-state index contributed by atoms with van der Waals surface area (Å²) in [5.41, 5.74) is -4.52. The van der Waals surface area contributed by atoms with E-state index < -0.39 is 51.7 Å². The van der Waals surface area contributed by atoms with Gasteiger partial charge in [-0.1, -0.05) is 30.0 Å². The Morgan fingerprint density at radius 3 is 2.15 bits per heavy atom. The van der Waals surface area contributed by atoms with Crippen molar-refractivity contribution in [3.05, 3.63) is 59.2 Å². The molecule has 1 N–H and O–H groups in total. The molecule has 2 fully saturated rings. The summed E-state index contributed by atoms with van der Waals surface area (Å²) in [6, 6.07) is 7.95. The molecule has 222 valence electrons. The molecule has 0 spiro atoms. The number of carbonyl (C=O) groups is 2. The number of halogens is 6. The van der Waals surface area contributed by atoms with Crippen LogP contribution < -0.4 is 4.74 Å². The fraction of sp³-hybridized carbons (Fsp3) is 0.429. The van der Waals surface area contributed by atoms with Crippen LogP contribution in [0.15, 0.2) is 52.3 Å². The number of aliphatic carboxylic acids is 1. The van der Waals surface area contributed by atoms with Crippen molar-refractivity contribution in [3.8, 4) is 5.75 Å². The lowest BCUT2D eigenvalue weighted by Gasteiger charge is -2.27. The minimum absolute atomic E-state index is 0.178. The van der Waals surface area contributed by atoms with Crippen LogP contribution in [0.2, 0.25) is 0 Å². The molecule has 41 heavy (non-hydrogen) atoms. The molecule has 13 heteroatoms. The maximum atomic E-state index is 14.3. The lowest BCUT2D eigenvalue weighted by Crippen LogP contribution is -2.39. The van der Waals surface area contributed by atoms with Gasteiger partial charge in [0, 0.05) is 24.1 Å². The highest BCUT2D eigenvalue weighted by atomic mass is 32.2. The number of morpholine rings is 1. The third kappa shape index (κ3) is 7.76. The molecule has 2 aromatic rings. The van der Waals surface area contributed by atoms with Gasteiger partial charge in [-0.3, -0.25) is 9.59 Å².